The molecule has 0 spiro atoms. The van der Waals surface area contributed by atoms with Crippen molar-refractivity contribution in [1.29, 1.82) is 0 Å². The van der Waals surface area contributed by atoms with Gasteiger partial charge in [-0.25, -0.2) is 0 Å². The van der Waals surface area contributed by atoms with Gasteiger partial charge in [0.15, 0.2) is 0 Å². The summed E-state index contributed by atoms with van der Waals surface area (Å²) in [6.45, 7) is 8.26. The average Bonchev–Trinajstić information content (AvgIpc) is 2.79. The first-order valence-electron chi connectivity index (χ1n) is 8.36. The second-order valence-corrected chi connectivity index (χ2v) is 5.75. The Kier molecular flexibility index (Phi) is 8.28. The molecule has 0 unspecified atom stereocenters. The van der Waals surface area contributed by atoms with Crippen LogP contribution in [0, 0.1) is 0 Å². The van der Waals surface area contributed by atoms with Crippen LogP contribution in [0.1, 0.15) is 60.2 Å². The van der Waals surface area contributed by atoms with E-state index in [2.05, 4.69) is 18.7 Å². The topological polar surface area (TPSA) is 40.6 Å². The lowest BCUT2D eigenvalue weighted by molar-refractivity contribution is 0.0651. The molecule has 0 N–H and O–H groups in total. The van der Waals surface area contributed by atoms with Crippen LogP contribution in [0.2, 0.25) is 0 Å². The molecule has 2 amide bonds. The molecule has 0 radical (unpaired) electrons. The minimum absolute atomic E-state index is 0. The normalized spacial score (nSPS) is 13.4. The summed E-state index contributed by atoms with van der Waals surface area (Å²) in [4.78, 5) is 28.2. The molecule has 0 fully saturated rings. The smallest absolute Gasteiger partial charge is 0.261 e. The van der Waals surface area contributed by atoms with Crippen molar-refractivity contribution in [3.8, 4) is 0 Å². The second kappa shape index (κ2) is 9.68. The summed E-state index contributed by atoms with van der Waals surface area (Å²) in [6, 6.07) is 7.08. The molecule has 1 aromatic rings. The fourth-order valence-electron chi connectivity index (χ4n) is 2.94. The lowest BCUT2D eigenvalue weighted by Gasteiger charge is -2.17. The highest BCUT2D eigenvalue weighted by Crippen LogP contribution is 2.22. The van der Waals surface area contributed by atoms with Gasteiger partial charge in [0, 0.05) is 6.54 Å². The molecule has 0 aromatic heterocycles. The number of halogens is 1. The van der Waals surface area contributed by atoms with Crippen molar-refractivity contribution in [1.82, 2.24) is 9.80 Å². The van der Waals surface area contributed by atoms with E-state index in [0.717, 1.165) is 38.9 Å². The highest BCUT2D eigenvalue weighted by Gasteiger charge is 2.34. The van der Waals surface area contributed by atoms with Gasteiger partial charge in [-0.3, -0.25) is 14.5 Å². The first kappa shape index (κ1) is 19.7. The van der Waals surface area contributed by atoms with Crippen molar-refractivity contribution in [2.24, 2.45) is 0 Å². The molecule has 23 heavy (non-hydrogen) atoms. The summed E-state index contributed by atoms with van der Waals surface area (Å²) < 4.78 is 0. The third kappa shape index (κ3) is 4.79. The number of carbonyl (C=O) groups excluding carboxylic acids is 2. The van der Waals surface area contributed by atoms with Crippen LogP contribution < -0.4 is 0 Å². The third-order valence-electron chi connectivity index (χ3n) is 4.38. The Hall–Kier alpha value is -1.39. The van der Waals surface area contributed by atoms with Crippen LogP contribution in [0.5, 0.6) is 0 Å². The molecule has 0 aliphatic carbocycles. The van der Waals surface area contributed by atoms with E-state index in [9.17, 15) is 9.59 Å². The lowest BCUT2D eigenvalue weighted by Crippen LogP contribution is -2.30. The molecule has 0 bridgehead atoms. The number of rotatable bonds is 9. The Bertz CT molecular complexity index is 495. The summed E-state index contributed by atoms with van der Waals surface area (Å²) in [5, 5.41) is 0. The van der Waals surface area contributed by atoms with E-state index >= 15 is 0 Å². The Balaban J connectivity index is 0.00000264. The number of carbonyl (C=O) groups is 2. The Labute approximate surface area is 145 Å². The molecule has 4 nitrogen and oxygen atoms in total. The number of unbranched alkanes of at least 4 members (excludes halogenated alkanes) is 3. The van der Waals surface area contributed by atoms with Gasteiger partial charge in [0.25, 0.3) is 11.8 Å². The van der Waals surface area contributed by atoms with Crippen LogP contribution in [0.15, 0.2) is 24.3 Å². The third-order valence-corrected chi connectivity index (χ3v) is 4.38. The zero-order chi connectivity index (χ0) is 15.9. The van der Waals surface area contributed by atoms with Crippen molar-refractivity contribution in [3.05, 3.63) is 35.4 Å². The maximum atomic E-state index is 12.2. The molecule has 1 aliphatic heterocycles. The van der Waals surface area contributed by atoms with Crippen LogP contribution in [0.25, 0.3) is 0 Å². The van der Waals surface area contributed by atoms with E-state index < -0.39 is 0 Å². The van der Waals surface area contributed by atoms with E-state index in [-0.39, 0.29) is 24.2 Å². The van der Waals surface area contributed by atoms with E-state index in [4.69, 9.17) is 0 Å². The first-order chi connectivity index (χ1) is 10.7. The minimum atomic E-state index is -0.135. The molecular weight excluding hydrogens is 312 g/mol. The predicted molar refractivity (Wildman–Crippen MR) is 95.3 cm³/mol. The number of benzene rings is 1. The lowest BCUT2D eigenvalue weighted by atomic mass is 10.1. The van der Waals surface area contributed by atoms with Gasteiger partial charge in [-0.2, -0.15) is 0 Å². The Morgan fingerprint density at radius 2 is 1.39 bits per heavy atom. The number of hydrogen-bond acceptors (Lipinski definition) is 3. The largest absolute Gasteiger partial charge is 0.304 e. The summed E-state index contributed by atoms with van der Waals surface area (Å²) in [5.74, 6) is -0.271. The summed E-state index contributed by atoms with van der Waals surface area (Å²) in [6.07, 6.45) is 4.29. The first-order valence-corrected chi connectivity index (χ1v) is 8.36. The second-order valence-electron chi connectivity index (χ2n) is 5.75. The predicted octanol–water partition coefficient (Wildman–Crippen LogP) is 3.61. The van der Waals surface area contributed by atoms with Crippen LogP contribution in [0.4, 0.5) is 0 Å². The van der Waals surface area contributed by atoms with Gasteiger partial charge < -0.3 is 4.90 Å². The van der Waals surface area contributed by atoms with E-state index in [0.29, 0.717) is 17.7 Å². The average molecular weight is 339 g/mol. The van der Waals surface area contributed by atoms with E-state index in [1.54, 1.807) is 24.3 Å². The molecule has 1 aromatic carbocycles. The van der Waals surface area contributed by atoms with Gasteiger partial charge in [0.1, 0.15) is 0 Å². The standard InChI is InChI=1S/C18H26N2O2.ClH/c1-3-19(4-2)13-9-5-6-10-14-20-17(21)15-11-7-8-12-16(15)18(20)22;/h7-8,11-12H,3-6,9-10,13-14H2,1-2H3;1H. The highest BCUT2D eigenvalue weighted by atomic mass is 35.5. The van der Waals surface area contributed by atoms with Crippen molar-refractivity contribution in [2.45, 2.75) is 39.5 Å². The number of fused-ring (bicyclic) bond motifs is 1. The Morgan fingerprint density at radius 1 is 0.870 bits per heavy atom. The SMILES string of the molecule is CCN(CC)CCCCCCN1C(=O)c2ccccc2C1=O.Cl. The van der Waals surface area contributed by atoms with Crippen molar-refractivity contribution < 1.29 is 9.59 Å². The zero-order valence-electron chi connectivity index (χ0n) is 14.1. The van der Waals surface area contributed by atoms with Crippen LogP contribution in [0.3, 0.4) is 0 Å². The fraction of sp³-hybridized carbons (Fsp3) is 0.556. The number of imide groups is 1. The molecule has 0 atom stereocenters. The number of amides is 2. The van der Waals surface area contributed by atoms with Crippen LogP contribution in [-0.4, -0.2) is 47.8 Å². The van der Waals surface area contributed by atoms with Gasteiger partial charge in [-0.05, 0) is 44.6 Å². The minimum Gasteiger partial charge on any atom is -0.304 e. The van der Waals surface area contributed by atoms with Gasteiger partial charge in [0.05, 0.1) is 11.1 Å². The van der Waals surface area contributed by atoms with Gasteiger partial charge in [0.2, 0.25) is 0 Å². The van der Waals surface area contributed by atoms with Gasteiger partial charge in [-0.15, -0.1) is 12.4 Å². The molecular formula is C18H27ClN2O2. The zero-order valence-corrected chi connectivity index (χ0v) is 14.9. The maximum Gasteiger partial charge on any atom is 0.261 e. The monoisotopic (exact) mass is 338 g/mol. The van der Waals surface area contributed by atoms with E-state index in [1.807, 2.05) is 0 Å². The van der Waals surface area contributed by atoms with Crippen LogP contribution >= 0.6 is 12.4 Å². The summed E-state index contributed by atoms with van der Waals surface area (Å²) in [5.41, 5.74) is 1.10. The maximum absolute atomic E-state index is 12.2. The molecule has 1 aliphatic rings. The molecule has 5 heteroatoms. The van der Waals surface area contributed by atoms with Crippen molar-refractivity contribution in [2.75, 3.05) is 26.2 Å². The number of hydrogen-bond donors (Lipinski definition) is 0. The number of nitrogens with zero attached hydrogens (tertiary/aromatic N) is 2. The fourth-order valence-corrected chi connectivity index (χ4v) is 2.94. The summed E-state index contributed by atoms with van der Waals surface area (Å²) in [7, 11) is 0. The van der Waals surface area contributed by atoms with Gasteiger partial charge in [-0.1, -0.05) is 38.8 Å². The molecule has 128 valence electrons. The molecule has 0 saturated carbocycles. The molecule has 2 rings (SSSR count). The quantitative estimate of drug-likeness (QED) is 0.510. The molecule has 0 saturated heterocycles. The van der Waals surface area contributed by atoms with Gasteiger partial charge >= 0.3 is 0 Å². The van der Waals surface area contributed by atoms with Crippen molar-refractivity contribution in [3.63, 3.8) is 0 Å². The Morgan fingerprint density at radius 3 is 1.91 bits per heavy atom. The van der Waals surface area contributed by atoms with Crippen molar-refractivity contribution >= 4 is 24.2 Å². The molecule has 1 heterocycles. The highest BCUT2D eigenvalue weighted by molar-refractivity contribution is 6.21. The van der Waals surface area contributed by atoms with E-state index in [1.165, 1.54) is 11.3 Å². The van der Waals surface area contributed by atoms with Crippen LogP contribution in [-0.2, 0) is 0 Å². The summed E-state index contributed by atoms with van der Waals surface area (Å²) >= 11 is 0.